The van der Waals surface area contributed by atoms with Gasteiger partial charge in [0.15, 0.2) is 5.69 Å². The van der Waals surface area contributed by atoms with Gasteiger partial charge in [-0.3, -0.25) is 0 Å². The van der Waals surface area contributed by atoms with Crippen LogP contribution in [0.3, 0.4) is 0 Å². The van der Waals surface area contributed by atoms with E-state index in [1.807, 2.05) is 0 Å². The van der Waals surface area contributed by atoms with Crippen LogP contribution in [0, 0.1) is 0 Å². The molecule has 0 radical (unpaired) electrons. The molecule has 0 atom stereocenters. The van der Waals surface area contributed by atoms with Crippen molar-refractivity contribution in [3.63, 3.8) is 0 Å². The van der Waals surface area contributed by atoms with Crippen LogP contribution < -0.4 is 10.6 Å². The Kier molecular flexibility index (Phi) is 5.21. The van der Waals surface area contributed by atoms with Gasteiger partial charge >= 0.3 is 6.18 Å². The molecule has 9 heteroatoms. The molecular formula is C14H13Cl2F3N4. The van der Waals surface area contributed by atoms with Gasteiger partial charge in [-0.2, -0.15) is 18.2 Å². The van der Waals surface area contributed by atoms with Crippen molar-refractivity contribution in [1.29, 1.82) is 0 Å². The van der Waals surface area contributed by atoms with Crippen molar-refractivity contribution in [3.05, 3.63) is 40.0 Å². The number of benzene rings is 1. The smallest absolute Gasteiger partial charge is 0.352 e. The van der Waals surface area contributed by atoms with E-state index in [2.05, 4.69) is 20.6 Å². The van der Waals surface area contributed by atoms with Gasteiger partial charge in [0.1, 0.15) is 5.82 Å². The van der Waals surface area contributed by atoms with Gasteiger partial charge < -0.3 is 10.6 Å². The predicted molar refractivity (Wildman–Crippen MR) is 85.5 cm³/mol. The quantitative estimate of drug-likeness (QED) is 0.765. The van der Waals surface area contributed by atoms with E-state index in [9.17, 15) is 13.2 Å². The highest BCUT2D eigenvalue weighted by Crippen LogP contribution is 2.32. The van der Waals surface area contributed by atoms with Crippen LogP contribution in [0.25, 0.3) is 0 Å². The molecular weight excluding hydrogens is 352 g/mol. The largest absolute Gasteiger partial charge is 0.433 e. The maximum Gasteiger partial charge on any atom is 0.433 e. The van der Waals surface area contributed by atoms with Crippen molar-refractivity contribution in [2.75, 3.05) is 10.6 Å². The van der Waals surface area contributed by atoms with E-state index >= 15 is 0 Å². The molecule has 0 fully saturated rings. The van der Waals surface area contributed by atoms with Gasteiger partial charge in [-0.15, -0.1) is 0 Å². The number of hydrogen-bond donors (Lipinski definition) is 2. The lowest BCUT2D eigenvalue weighted by atomic mass is 10.3. The zero-order chi connectivity index (χ0) is 17.2. The van der Waals surface area contributed by atoms with E-state index in [0.717, 1.165) is 6.07 Å². The number of nitrogens with one attached hydrogen (secondary N) is 2. The minimum absolute atomic E-state index is 0.0281. The van der Waals surface area contributed by atoms with Crippen molar-refractivity contribution < 1.29 is 13.2 Å². The maximum atomic E-state index is 13.0. The number of hydrogen-bond acceptors (Lipinski definition) is 4. The van der Waals surface area contributed by atoms with E-state index < -0.39 is 11.9 Å². The summed E-state index contributed by atoms with van der Waals surface area (Å²) in [6, 6.07) is 5.29. The summed E-state index contributed by atoms with van der Waals surface area (Å²) >= 11 is 11.8. The second kappa shape index (κ2) is 6.80. The van der Waals surface area contributed by atoms with E-state index in [4.69, 9.17) is 23.2 Å². The molecule has 0 amide bonds. The van der Waals surface area contributed by atoms with Gasteiger partial charge in [-0.05, 0) is 32.0 Å². The Morgan fingerprint density at radius 1 is 1.09 bits per heavy atom. The molecule has 2 aromatic rings. The minimum atomic E-state index is -4.59. The fraction of sp³-hybridized carbons (Fsp3) is 0.286. The lowest BCUT2D eigenvalue weighted by Crippen LogP contribution is -2.17. The molecule has 0 aliphatic carbocycles. The molecule has 1 heterocycles. The van der Waals surface area contributed by atoms with Gasteiger partial charge in [-0.25, -0.2) is 4.98 Å². The normalized spacial score (nSPS) is 11.7. The number of alkyl halides is 3. The molecule has 0 saturated heterocycles. The number of rotatable bonds is 4. The average molecular weight is 365 g/mol. The van der Waals surface area contributed by atoms with Gasteiger partial charge in [0.05, 0.1) is 10.7 Å². The van der Waals surface area contributed by atoms with Crippen molar-refractivity contribution >= 4 is 40.7 Å². The third kappa shape index (κ3) is 4.87. The first-order valence-corrected chi connectivity index (χ1v) is 7.35. The van der Waals surface area contributed by atoms with Crippen LogP contribution in [0.4, 0.5) is 30.6 Å². The first-order chi connectivity index (χ1) is 10.6. The monoisotopic (exact) mass is 364 g/mol. The molecule has 23 heavy (non-hydrogen) atoms. The van der Waals surface area contributed by atoms with Gasteiger partial charge in [0.25, 0.3) is 0 Å². The van der Waals surface area contributed by atoms with Crippen molar-refractivity contribution in [2.24, 2.45) is 0 Å². The predicted octanol–water partition coefficient (Wildman–Crippen LogP) is 5.37. The Morgan fingerprint density at radius 3 is 2.35 bits per heavy atom. The van der Waals surface area contributed by atoms with Gasteiger partial charge in [0.2, 0.25) is 5.95 Å². The second-order valence-corrected chi connectivity index (χ2v) is 5.85. The summed E-state index contributed by atoms with van der Waals surface area (Å²) in [7, 11) is 0. The molecule has 1 aromatic heterocycles. The minimum Gasteiger partial charge on any atom is -0.352 e. The maximum absolute atomic E-state index is 13.0. The molecule has 0 aliphatic heterocycles. The second-order valence-electron chi connectivity index (χ2n) is 5.01. The molecule has 0 unspecified atom stereocenters. The fourth-order valence-corrected chi connectivity index (χ4v) is 2.16. The van der Waals surface area contributed by atoms with Crippen LogP contribution in [0.5, 0.6) is 0 Å². The molecule has 124 valence electrons. The van der Waals surface area contributed by atoms with Crippen molar-refractivity contribution in [1.82, 2.24) is 9.97 Å². The average Bonchev–Trinajstić information content (AvgIpc) is 2.40. The standard InChI is InChI=1S/C14H13Cl2F3N4/c1-7(2)20-13-22-11(14(17,18)19)6-12(23-13)21-10-4-3-8(15)5-9(10)16/h3-7H,1-2H3,(H2,20,21,22,23). The van der Waals surface area contributed by atoms with E-state index in [0.29, 0.717) is 10.7 Å². The summed E-state index contributed by atoms with van der Waals surface area (Å²) in [5.74, 6) is -0.151. The van der Waals surface area contributed by atoms with Crippen LogP contribution in [0.15, 0.2) is 24.3 Å². The first kappa shape index (κ1) is 17.6. The third-order valence-electron chi connectivity index (χ3n) is 2.63. The molecule has 0 saturated carbocycles. The zero-order valence-electron chi connectivity index (χ0n) is 12.2. The summed E-state index contributed by atoms with van der Waals surface area (Å²) in [5.41, 5.74) is -0.665. The molecule has 4 nitrogen and oxygen atoms in total. The summed E-state index contributed by atoms with van der Waals surface area (Å²) < 4.78 is 38.9. The van der Waals surface area contributed by atoms with Crippen LogP contribution in [0.1, 0.15) is 19.5 Å². The molecule has 2 rings (SSSR count). The Labute approximate surface area is 141 Å². The highest BCUT2D eigenvalue weighted by Gasteiger charge is 2.33. The Hall–Kier alpha value is -1.73. The molecule has 2 N–H and O–H groups in total. The third-order valence-corrected chi connectivity index (χ3v) is 3.18. The molecule has 0 aliphatic rings. The van der Waals surface area contributed by atoms with Crippen LogP contribution in [-0.4, -0.2) is 16.0 Å². The Morgan fingerprint density at radius 2 is 1.78 bits per heavy atom. The van der Waals surface area contributed by atoms with Crippen molar-refractivity contribution in [3.8, 4) is 0 Å². The highest BCUT2D eigenvalue weighted by atomic mass is 35.5. The van der Waals surface area contributed by atoms with Crippen molar-refractivity contribution in [2.45, 2.75) is 26.1 Å². The Balaban J connectivity index is 2.40. The molecule has 1 aromatic carbocycles. The Bertz CT molecular complexity index is 705. The number of anilines is 3. The van der Waals surface area contributed by atoms with Crippen LogP contribution in [0.2, 0.25) is 10.0 Å². The van der Waals surface area contributed by atoms with Gasteiger partial charge in [-0.1, -0.05) is 23.2 Å². The van der Waals surface area contributed by atoms with E-state index in [1.165, 1.54) is 6.07 Å². The summed E-state index contributed by atoms with van der Waals surface area (Å²) in [6.07, 6.45) is -4.59. The molecule has 0 bridgehead atoms. The van der Waals surface area contributed by atoms with E-state index in [1.54, 1.807) is 26.0 Å². The lowest BCUT2D eigenvalue weighted by Gasteiger charge is -2.14. The lowest BCUT2D eigenvalue weighted by molar-refractivity contribution is -0.141. The summed E-state index contributed by atoms with van der Waals surface area (Å²) in [5, 5.41) is 6.18. The van der Waals surface area contributed by atoms with Crippen LogP contribution in [-0.2, 0) is 6.18 Å². The zero-order valence-corrected chi connectivity index (χ0v) is 13.7. The number of halogens is 5. The number of nitrogens with zero attached hydrogens (tertiary/aromatic N) is 2. The van der Waals surface area contributed by atoms with E-state index in [-0.39, 0.29) is 22.8 Å². The fourth-order valence-electron chi connectivity index (χ4n) is 1.71. The topological polar surface area (TPSA) is 49.8 Å². The number of aromatic nitrogens is 2. The highest BCUT2D eigenvalue weighted by molar-refractivity contribution is 6.36. The van der Waals surface area contributed by atoms with Gasteiger partial charge in [0, 0.05) is 17.1 Å². The molecule has 0 spiro atoms. The first-order valence-electron chi connectivity index (χ1n) is 6.60. The SMILES string of the molecule is CC(C)Nc1nc(Nc2ccc(Cl)cc2Cl)cc(C(F)(F)F)n1. The van der Waals surface area contributed by atoms with Crippen LogP contribution >= 0.6 is 23.2 Å². The summed E-state index contributed by atoms with van der Waals surface area (Å²) in [4.78, 5) is 7.50. The summed E-state index contributed by atoms with van der Waals surface area (Å²) in [6.45, 7) is 3.54.